The quantitative estimate of drug-likeness (QED) is 0.729. The van der Waals surface area contributed by atoms with E-state index in [4.69, 9.17) is 11.5 Å². The number of benzene rings is 1. The molecule has 19 heavy (non-hydrogen) atoms. The van der Waals surface area contributed by atoms with E-state index in [0.717, 1.165) is 0 Å². The van der Waals surface area contributed by atoms with E-state index in [9.17, 15) is 9.59 Å². The van der Waals surface area contributed by atoms with E-state index in [1.165, 1.54) is 6.07 Å². The molecule has 0 unspecified atom stereocenters. The monoisotopic (exact) mass is 260 g/mol. The maximum atomic E-state index is 11.8. The Morgan fingerprint density at radius 2 is 2.00 bits per heavy atom. The molecule has 5 nitrogen and oxygen atoms in total. The number of terminal acetylenes is 1. The zero-order valence-electron chi connectivity index (χ0n) is 11.1. The number of aryl methyl sites for hydroxylation is 1. The molecule has 1 rings (SSSR count). The van der Waals surface area contributed by atoms with Crippen molar-refractivity contribution >= 4 is 17.7 Å². The molecule has 100 valence electrons. The van der Waals surface area contributed by atoms with E-state index in [-0.39, 0.29) is 11.3 Å². The molecule has 0 saturated heterocycles. The number of anilines is 1. The summed E-state index contributed by atoms with van der Waals surface area (Å²) in [6.45, 7) is 5.00. The van der Waals surface area contributed by atoms with Gasteiger partial charge in [-0.1, -0.05) is 18.1 Å². The Morgan fingerprint density at radius 1 is 1.37 bits per heavy atom. The molecule has 2 amide bonds. The molecular formula is C14H16N2O3. The Bertz CT molecular complexity index is 556. The Balaban J connectivity index is 2.96. The second-order valence-corrected chi connectivity index (χ2v) is 4.65. The first-order chi connectivity index (χ1) is 8.76. The average Bonchev–Trinajstić information content (AvgIpc) is 2.27. The lowest BCUT2D eigenvalue weighted by molar-refractivity contribution is 0.0697. The van der Waals surface area contributed by atoms with Gasteiger partial charge in [-0.05, 0) is 32.4 Å². The molecule has 1 aromatic rings. The van der Waals surface area contributed by atoms with Gasteiger partial charge in [0, 0.05) is 0 Å². The summed E-state index contributed by atoms with van der Waals surface area (Å²) >= 11 is 0. The minimum atomic E-state index is -1.09. The van der Waals surface area contributed by atoms with Crippen molar-refractivity contribution in [2.75, 3.05) is 5.32 Å². The summed E-state index contributed by atoms with van der Waals surface area (Å²) in [6, 6.07) is 4.32. The lowest BCUT2D eigenvalue weighted by atomic mass is 10.1. The van der Waals surface area contributed by atoms with Crippen LogP contribution in [0, 0.1) is 19.3 Å². The van der Waals surface area contributed by atoms with Crippen molar-refractivity contribution in [3.8, 4) is 12.3 Å². The van der Waals surface area contributed by atoms with Crippen molar-refractivity contribution in [2.24, 2.45) is 0 Å². The van der Waals surface area contributed by atoms with Crippen LogP contribution in [0.1, 0.15) is 29.8 Å². The van der Waals surface area contributed by atoms with Crippen LogP contribution >= 0.6 is 0 Å². The predicted octanol–water partition coefficient (Wildman–Crippen LogP) is 2.23. The second-order valence-electron chi connectivity index (χ2n) is 4.65. The fourth-order valence-corrected chi connectivity index (χ4v) is 1.53. The second kappa shape index (κ2) is 5.44. The number of carbonyl (C=O) groups is 2. The lowest BCUT2D eigenvalue weighted by Gasteiger charge is -2.20. The summed E-state index contributed by atoms with van der Waals surface area (Å²) in [6.07, 6.45) is 5.26. The number of carboxylic acids is 1. The highest BCUT2D eigenvalue weighted by atomic mass is 16.4. The normalized spacial score (nSPS) is 10.4. The number of carboxylic acid groups (broad SMARTS) is 1. The lowest BCUT2D eigenvalue weighted by Crippen LogP contribution is -2.44. The molecule has 5 heteroatoms. The van der Waals surface area contributed by atoms with Crippen LogP contribution in [-0.4, -0.2) is 22.6 Å². The van der Waals surface area contributed by atoms with Gasteiger partial charge in [0.1, 0.15) is 0 Å². The summed E-state index contributed by atoms with van der Waals surface area (Å²) < 4.78 is 0. The van der Waals surface area contributed by atoms with Gasteiger partial charge in [0.25, 0.3) is 0 Å². The summed E-state index contributed by atoms with van der Waals surface area (Å²) in [5.74, 6) is 1.33. The van der Waals surface area contributed by atoms with Crippen LogP contribution in [0.3, 0.4) is 0 Å². The molecule has 0 atom stereocenters. The average molecular weight is 260 g/mol. The van der Waals surface area contributed by atoms with Gasteiger partial charge >= 0.3 is 12.0 Å². The van der Waals surface area contributed by atoms with Crippen LogP contribution in [0.2, 0.25) is 0 Å². The minimum Gasteiger partial charge on any atom is -0.478 e. The van der Waals surface area contributed by atoms with Crippen LogP contribution in [0.5, 0.6) is 0 Å². The van der Waals surface area contributed by atoms with E-state index in [1.54, 1.807) is 32.9 Å². The molecule has 0 bridgehead atoms. The molecule has 1 aromatic carbocycles. The molecule has 0 aromatic heterocycles. The van der Waals surface area contributed by atoms with Gasteiger partial charge in [-0.2, -0.15) is 0 Å². The van der Waals surface area contributed by atoms with E-state index < -0.39 is 17.5 Å². The zero-order chi connectivity index (χ0) is 14.6. The molecule has 0 aliphatic carbocycles. The fraction of sp³-hybridized carbons (Fsp3) is 0.286. The molecule has 0 radical (unpaired) electrons. The largest absolute Gasteiger partial charge is 0.478 e. The smallest absolute Gasteiger partial charge is 0.338 e. The maximum Gasteiger partial charge on any atom is 0.338 e. The highest BCUT2D eigenvalue weighted by Gasteiger charge is 2.19. The summed E-state index contributed by atoms with van der Waals surface area (Å²) in [7, 11) is 0. The maximum absolute atomic E-state index is 11.8. The van der Waals surface area contributed by atoms with Gasteiger partial charge in [-0.15, -0.1) is 6.42 Å². The molecule has 0 fully saturated rings. The van der Waals surface area contributed by atoms with E-state index in [1.807, 2.05) is 0 Å². The van der Waals surface area contributed by atoms with Crippen LogP contribution < -0.4 is 10.6 Å². The van der Waals surface area contributed by atoms with Crippen LogP contribution in [-0.2, 0) is 0 Å². The van der Waals surface area contributed by atoms with Crippen LogP contribution in [0.15, 0.2) is 18.2 Å². The van der Waals surface area contributed by atoms with Gasteiger partial charge in [0.15, 0.2) is 0 Å². The number of nitrogens with one attached hydrogen (secondary N) is 2. The highest BCUT2D eigenvalue weighted by Crippen LogP contribution is 2.19. The summed E-state index contributed by atoms with van der Waals surface area (Å²) in [4.78, 5) is 22.9. The summed E-state index contributed by atoms with van der Waals surface area (Å²) in [5, 5.41) is 14.2. The number of aromatic carboxylic acids is 1. The third-order valence-corrected chi connectivity index (χ3v) is 2.52. The molecule has 3 N–H and O–H groups in total. The zero-order valence-corrected chi connectivity index (χ0v) is 11.1. The van der Waals surface area contributed by atoms with E-state index in [0.29, 0.717) is 5.56 Å². The van der Waals surface area contributed by atoms with Gasteiger partial charge < -0.3 is 15.7 Å². The summed E-state index contributed by atoms with van der Waals surface area (Å²) in [5.41, 5.74) is 0.0626. The topological polar surface area (TPSA) is 78.4 Å². The minimum absolute atomic E-state index is 0.0659. The first-order valence-corrected chi connectivity index (χ1v) is 5.66. The molecule has 0 aliphatic heterocycles. The van der Waals surface area contributed by atoms with Crippen molar-refractivity contribution in [3.63, 3.8) is 0 Å². The molecule has 0 saturated carbocycles. The number of hydrogen-bond acceptors (Lipinski definition) is 2. The number of amides is 2. The Morgan fingerprint density at radius 3 is 2.53 bits per heavy atom. The van der Waals surface area contributed by atoms with Gasteiger partial charge in [-0.3, -0.25) is 0 Å². The van der Waals surface area contributed by atoms with Crippen LogP contribution in [0.25, 0.3) is 0 Å². The SMILES string of the molecule is C#CC(C)(C)NC(=O)Nc1cccc(C)c1C(=O)O. The molecule has 0 heterocycles. The van der Waals surface area contributed by atoms with Crippen LogP contribution in [0.4, 0.5) is 10.5 Å². The Hall–Kier alpha value is -2.48. The van der Waals surface area contributed by atoms with E-state index >= 15 is 0 Å². The highest BCUT2D eigenvalue weighted by molar-refractivity contribution is 6.01. The van der Waals surface area contributed by atoms with Gasteiger partial charge in [-0.25, -0.2) is 9.59 Å². The standard InChI is InChI=1S/C14H16N2O3/c1-5-14(3,4)16-13(19)15-10-8-6-7-9(2)11(10)12(17)18/h1,6-8H,2-4H3,(H,17,18)(H2,15,16,19). The van der Waals surface area contributed by atoms with E-state index in [2.05, 4.69) is 16.6 Å². The number of urea groups is 1. The van der Waals surface area contributed by atoms with Gasteiger partial charge in [0.2, 0.25) is 0 Å². The molecular weight excluding hydrogens is 244 g/mol. The first kappa shape index (κ1) is 14.6. The van der Waals surface area contributed by atoms with Crippen molar-refractivity contribution < 1.29 is 14.7 Å². The number of rotatable bonds is 3. The number of hydrogen-bond donors (Lipinski definition) is 3. The Labute approximate surface area is 112 Å². The molecule has 0 aliphatic rings. The molecule has 0 spiro atoms. The first-order valence-electron chi connectivity index (χ1n) is 5.66. The van der Waals surface area contributed by atoms with Gasteiger partial charge in [0.05, 0.1) is 16.8 Å². The fourth-order valence-electron chi connectivity index (χ4n) is 1.53. The Kier molecular flexibility index (Phi) is 4.18. The third-order valence-electron chi connectivity index (χ3n) is 2.52. The van der Waals surface area contributed by atoms with Crippen molar-refractivity contribution in [1.82, 2.24) is 5.32 Å². The third kappa shape index (κ3) is 3.75. The predicted molar refractivity (Wildman–Crippen MR) is 73.2 cm³/mol. The van der Waals surface area contributed by atoms with Crippen molar-refractivity contribution in [3.05, 3.63) is 29.3 Å². The van der Waals surface area contributed by atoms with Crippen molar-refractivity contribution in [1.29, 1.82) is 0 Å². The van der Waals surface area contributed by atoms with Crippen molar-refractivity contribution in [2.45, 2.75) is 26.3 Å². The number of carbonyl (C=O) groups excluding carboxylic acids is 1.